The van der Waals surface area contributed by atoms with Gasteiger partial charge in [0.25, 0.3) is 0 Å². The third kappa shape index (κ3) is 4.23. The van der Waals surface area contributed by atoms with Gasteiger partial charge < -0.3 is 14.4 Å². The molecule has 37 heavy (non-hydrogen) atoms. The van der Waals surface area contributed by atoms with E-state index in [0.29, 0.717) is 6.04 Å². The Balaban J connectivity index is 1.37. The van der Waals surface area contributed by atoms with Gasteiger partial charge in [-0.25, -0.2) is 9.38 Å². The minimum absolute atomic E-state index is 0.322. The first-order chi connectivity index (χ1) is 18.2. The number of aromatic nitrogens is 4. The summed E-state index contributed by atoms with van der Waals surface area (Å²) in [4.78, 5) is 10.00. The zero-order chi connectivity index (χ0) is 25.4. The zero-order valence-corrected chi connectivity index (χ0v) is 21.3. The molecule has 0 saturated carbocycles. The minimum atomic E-state index is 0.322. The number of anilines is 1. The molecule has 0 spiro atoms. The van der Waals surface area contributed by atoms with Gasteiger partial charge in [-0.3, -0.25) is 4.90 Å². The van der Waals surface area contributed by atoms with Crippen LogP contribution in [0.3, 0.4) is 0 Å². The van der Waals surface area contributed by atoms with Gasteiger partial charge in [-0.05, 0) is 49.4 Å². The number of fused-ring (bicyclic) bond motifs is 3. The highest BCUT2D eigenvalue weighted by Crippen LogP contribution is 2.31. The van der Waals surface area contributed by atoms with Gasteiger partial charge in [-0.15, -0.1) is 10.2 Å². The van der Waals surface area contributed by atoms with Crippen molar-refractivity contribution < 1.29 is 9.47 Å². The number of methoxy groups -OCH3 is 2. The number of rotatable bonds is 6. The Hall–Kier alpha value is -4.17. The van der Waals surface area contributed by atoms with Gasteiger partial charge in [0.05, 0.1) is 19.7 Å². The van der Waals surface area contributed by atoms with E-state index in [1.54, 1.807) is 14.2 Å². The van der Waals surface area contributed by atoms with E-state index in [-0.39, 0.29) is 0 Å². The van der Waals surface area contributed by atoms with Crippen LogP contribution in [0.2, 0.25) is 0 Å². The van der Waals surface area contributed by atoms with E-state index in [2.05, 4.69) is 49.5 Å². The molecule has 0 N–H and O–H groups in total. The predicted octanol–water partition coefficient (Wildman–Crippen LogP) is 4.67. The monoisotopic (exact) mass is 494 g/mol. The van der Waals surface area contributed by atoms with Crippen LogP contribution in [-0.4, -0.2) is 64.4 Å². The van der Waals surface area contributed by atoms with Gasteiger partial charge >= 0.3 is 0 Å². The second-order valence-electron chi connectivity index (χ2n) is 9.42. The van der Waals surface area contributed by atoms with Crippen molar-refractivity contribution in [1.29, 1.82) is 0 Å². The molecular formula is C29H30N6O2. The lowest BCUT2D eigenvalue weighted by atomic mass is 10.1. The Morgan fingerprint density at radius 2 is 1.65 bits per heavy atom. The van der Waals surface area contributed by atoms with Crippen molar-refractivity contribution in [3.8, 4) is 22.9 Å². The summed E-state index contributed by atoms with van der Waals surface area (Å²) >= 11 is 0. The molecule has 1 saturated heterocycles. The van der Waals surface area contributed by atoms with Crippen molar-refractivity contribution in [2.45, 2.75) is 19.5 Å². The smallest absolute Gasteiger partial charge is 0.213 e. The zero-order valence-electron chi connectivity index (χ0n) is 21.3. The maximum Gasteiger partial charge on any atom is 0.213 e. The third-order valence-electron chi connectivity index (χ3n) is 7.19. The topological polar surface area (TPSA) is 68.0 Å². The second kappa shape index (κ2) is 9.71. The van der Waals surface area contributed by atoms with Gasteiger partial charge in [0, 0.05) is 48.7 Å². The molecule has 1 aliphatic heterocycles. The van der Waals surface area contributed by atoms with Crippen LogP contribution in [-0.2, 0) is 6.54 Å². The van der Waals surface area contributed by atoms with Gasteiger partial charge in [-0.1, -0.05) is 30.3 Å². The Bertz CT molecular complexity index is 1550. The first-order valence-corrected chi connectivity index (χ1v) is 12.6. The highest BCUT2D eigenvalue weighted by Gasteiger charge is 2.28. The van der Waals surface area contributed by atoms with E-state index >= 15 is 0 Å². The molecule has 2 aromatic heterocycles. The van der Waals surface area contributed by atoms with Gasteiger partial charge in [0.1, 0.15) is 11.5 Å². The fourth-order valence-electron chi connectivity index (χ4n) is 5.17. The fraction of sp³-hybridized carbons (Fsp3) is 0.276. The maximum atomic E-state index is 5.59. The van der Waals surface area contributed by atoms with Crippen LogP contribution in [0.4, 0.5) is 5.95 Å². The molecule has 5 aromatic rings. The molecular weight excluding hydrogens is 464 g/mol. The van der Waals surface area contributed by atoms with Crippen molar-refractivity contribution in [2.24, 2.45) is 0 Å². The highest BCUT2D eigenvalue weighted by atomic mass is 16.5. The Morgan fingerprint density at radius 3 is 2.43 bits per heavy atom. The largest absolute Gasteiger partial charge is 0.497 e. The van der Waals surface area contributed by atoms with Crippen molar-refractivity contribution in [3.63, 3.8) is 0 Å². The number of para-hydroxylation sites is 2. The predicted molar refractivity (Wildman–Crippen MR) is 145 cm³/mol. The van der Waals surface area contributed by atoms with Crippen LogP contribution in [0.5, 0.6) is 11.5 Å². The molecule has 1 aliphatic rings. The first-order valence-electron chi connectivity index (χ1n) is 12.6. The maximum absolute atomic E-state index is 5.59. The van der Waals surface area contributed by atoms with Crippen LogP contribution in [0.25, 0.3) is 27.9 Å². The van der Waals surface area contributed by atoms with Crippen molar-refractivity contribution >= 4 is 22.5 Å². The van der Waals surface area contributed by atoms with Crippen LogP contribution in [0.1, 0.15) is 12.5 Å². The van der Waals surface area contributed by atoms with Crippen molar-refractivity contribution in [2.75, 3.05) is 38.8 Å². The van der Waals surface area contributed by atoms with Crippen molar-refractivity contribution in [3.05, 3.63) is 78.4 Å². The average molecular weight is 495 g/mol. The SMILES string of the molecule is COc1ccc(-c2nnc3c4ccccc4nc(N4CCN(Cc5ccccc5OC)[C@H](C)C4)n23)cc1. The molecule has 3 heterocycles. The lowest BCUT2D eigenvalue weighted by Gasteiger charge is -2.40. The molecule has 0 aliphatic carbocycles. The van der Waals surface area contributed by atoms with E-state index in [4.69, 9.17) is 14.5 Å². The molecule has 1 fully saturated rings. The van der Waals surface area contributed by atoms with E-state index in [1.165, 1.54) is 5.56 Å². The highest BCUT2D eigenvalue weighted by molar-refractivity contribution is 5.93. The molecule has 8 heteroatoms. The molecule has 188 valence electrons. The summed E-state index contributed by atoms with van der Waals surface area (Å²) < 4.78 is 13.0. The quantitative estimate of drug-likeness (QED) is 0.340. The van der Waals surface area contributed by atoms with E-state index in [0.717, 1.165) is 71.6 Å². The molecule has 0 amide bonds. The van der Waals surface area contributed by atoms with E-state index in [1.807, 2.05) is 54.6 Å². The van der Waals surface area contributed by atoms with Crippen LogP contribution in [0, 0.1) is 0 Å². The number of hydrogen-bond acceptors (Lipinski definition) is 7. The molecule has 0 radical (unpaired) electrons. The van der Waals surface area contributed by atoms with Gasteiger partial charge in [-0.2, -0.15) is 0 Å². The van der Waals surface area contributed by atoms with Crippen LogP contribution in [0.15, 0.2) is 72.8 Å². The number of hydrogen-bond donors (Lipinski definition) is 0. The number of ether oxygens (including phenoxy) is 2. The minimum Gasteiger partial charge on any atom is -0.497 e. The lowest BCUT2D eigenvalue weighted by Crippen LogP contribution is -2.52. The summed E-state index contributed by atoms with van der Waals surface area (Å²) in [7, 11) is 3.40. The van der Waals surface area contributed by atoms with Gasteiger partial charge in [0.2, 0.25) is 5.95 Å². The number of benzene rings is 3. The molecule has 0 unspecified atom stereocenters. The second-order valence-corrected chi connectivity index (χ2v) is 9.42. The Labute approximate surface area is 216 Å². The Kier molecular flexibility index (Phi) is 6.10. The van der Waals surface area contributed by atoms with Gasteiger partial charge in [0.15, 0.2) is 11.5 Å². The lowest BCUT2D eigenvalue weighted by molar-refractivity contribution is 0.178. The third-order valence-corrected chi connectivity index (χ3v) is 7.19. The molecule has 0 bridgehead atoms. The molecule has 3 aromatic carbocycles. The summed E-state index contributed by atoms with van der Waals surface area (Å²) in [6.07, 6.45) is 0. The van der Waals surface area contributed by atoms with E-state index in [9.17, 15) is 0 Å². The normalized spacial score (nSPS) is 16.4. The van der Waals surface area contributed by atoms with E-state index < -0.39 is 0 Å². The van der Waals surface area contributed by atoms with Crippen LogP contribution >= 0.6 is 0 Å². The summed E-state index contributed by atoms with van der Waals surface area (Å²) in [5, 5.41) is 10.2. The standard InChI is InChI=1S/C29H30N6O2/c1-20-18-34(17-16-33(20)19-22-8-4-7-11-26(22)37-3)29-30-25-10-6-5-9-24(25)28-32-31-27(35(28)29)21-12-14-23(36-2)15-13-21/h4-15,20H,16-19H2,1-3H3/t20-/m1/s1. The number of piperazine rings is 1. The fourth-order valence-corrected chi connectivity index (χ4v) is 5.17. The first kappa shape index (κ1) is 23.2. The van der Waals surface area contributed by atoms with Crippen LogP contribution < -0.4 is 14.4 Å². The molecule has 1 atom stereocenters. The summed E-state index contributed by atoms with van der Waals surface area (Å²) in [6.45, 7) is 5.73. The average Bonchev–Trinajstić information content (AvgIpc) is 3.40. The summed E-state index contributed by atoms with van der Waals surface area (Å²) in [5.41, 5.74) is 3.91. The Morgan fingerprint density at radius 1 is 0.865 bits per heavy atom. The van der Waals surface area contributed by atoms with Crippen molar-refractivity contribution in [1.82, 2.24) is 24.5 Å². The molecule has 8 nitrogen and oxygen atoms in total. The number of nitrogens with zero attached hydrogens (tertiary/aromatic N) is 6. The summed E-state index contributed by atoms with van der Waals surface area (Å²) in [6, 6.07) is 24.6. The summed E-state index contributed by atoms with van der Waals surface area (Å²) in [5.74, 6) is 3.38. The molecule has 6 rings (SSSR count).